The molecule has 0 atom stereocenters. The van der Waals surface area contributed by atoms with Gasteiger partial charge in [0.25, 0.3) is 0 Å². The first-order chi connectivity index (χ1) is 13.9. The molecule has 0 bridgehead atoms. The molecule has 6 heteroatoms. The van der Waals surface area contributed by atoms with Crippen LogP contribution in [0.1, 0.15) is 0 Å². The average Bonchev–Trinajstić information content (AvgIpc) is 2.70. The van der Waals surface area contributed by atoms with Crippen molar-refractivity contribution in [1.29, 1.82) is 0 Å². The second kappa shape index (κ2) is 15.3. The quantitative estimate of drug-likeness (QED) is 0.245. The maximum Gasteiger partial charge on any atom is 0.180 e. The molecule has 0 aliphatic rings. The van der Waals surface area contributed by atoms with Crippen LogP contribution in [0.25, 0.3) is 10.8 Å². The van der Waals surface area contributed by atoms with Crippen LogP contribution in [-0.4, -0.2) is 9.40 Å². The van der Waals surface area contributed by atoms with Gasteiger partial charge in [0, 0.05) is 15.4 Å². The first kappa shape index (κ1) is 25.4. The molecule has 1 nitrogen and oxygen atoms in total. The van der Waals surface area contributed by atoms with Gasteiger partial charge in [-0.15, -0.1) is 0 Å². The maximum atomic E-state index is 8.63. The van der Waals surface area contributed by atoms with Crippen LogP contribution in [0, 0.1) is 0 Å². The summed E-state index contributed by atoms with van der Waals surface area (Å²) in [5.74, 6) is 0.322. The van der Waals surface area contributed by atoms with E-state index in [1.165, 1.54) is 5.39 Å². The Labute approximate surface area is 196 Å². The number of fused-ring (bicyclic) bond motifs is 1. The molecule has 0 aliphatic carbocycles. The van der Waals surface area contributed by atoms with Crippen LogP contribution in [0.5, 0.6) is 5.75 Å². The lowest BCUT2D eigenvalue weighted by molar-refractivity contribution is 0.475. The topological polar surface area (TPSA) is 20.2 Å². The number of halogens is 5. The van der Waals surface area contributed by atoms with Crippen LogP contribution in [0.2, 0.25) is 10.0 Å². The number of benzene rings is 4. The van der Waals surface area contributed by atoms with Gasteiger partial charge < -0.3 is 5.11 Å². The zero-order valence-corrected chi connectivity index (χ0v) is 19.0. The Hall–Kier alpha value is -1.61. The number of alkyl halides is 3. The fraction of sp³-hybridized carbons (Fsp3) is 0.0435. The molecule has 4 rings (SSSR count). The van der Waals surface area contributed by atoms with Crippen molar-refractivity contribution in [3.8, 4) is 5.75 Å². The number of rotatable bonds is 0. The molecule has 0 aromatic heterocycles. The molecule has 0 radical (unpaired) electrons. The Morgan fingerprint density at radius 1 is 0.552 bits per heavy atom. The number of phenols is 1. The molecule has 152 valence electrons. The first-order valence-electron chi connectivity index (χ1n) is 8.40. The molecular formula is C23H19Cl5O. The third-order valence-electron chi connectivity index (χ3n) is 3.23. The van der Waals surface area contributed by atoms with E-state index in [1.807, 2.05) is 66.7 Å². The molecule has 1 N–H and O–H groups in total. The van der Waals surface area contributed by atoms with E-state index in [0.29, 0.717) is 5.75 Å². The van der Waals surface area contributed by atoms with Crippen LogP contribution in [0.4, 0.5) is 0 Å². The summed E-state index contributed by atoms with van der Waals surface area (Å²) in [6.45, 7) is 0. The normalized spacial score (nSPS) is 9.31. The number of phenolic OH excluding ortho intramolecular Hbond substituents is 1. The Balaban J connectivity index is 0.000000206. The monoisotopic (exact) mass is 486 g/mol. The van der Waals surface area contributed by atoms with Crippen LogP contribution >= 0.6 is 58.0 Å². The lowest BCUT2D eigenvalue weighted by Crippen LogP contribution is -1.70. The summed E-state index contributed by atoms with van der Waals surface area (Å²) >= 11 is 25.9. The van der Waals surface area contributed by atoms with E-state index < -0.39 is 4.30 Å². The van der Waals surface area contributed by atoms with Gasteiger partial charge in [-0.2, -0.15) is 0 Å². The molecule has 0 heterocycles. The second-order valence-corrected chi connectivity index (χ2v) is 8.16. The molecule has 0 saturated carbocycles. The minimum absolute atomic E-state index is 0.322. The molecule has 4 aromatic rings. The Kier molecular flexibility index (Phi) is 13.4. The van der Waals surface area contributed by atoms with Gasteiger partial charge in [-0.3, -0.25) is 0 Å². The minimum atomic E-state index is -0.750. The van der Waals surface area contributed by atoms with E-state index in [4.69, 9.17) is 63.1 Å². The van der Waals surface area contributed by atoms with Gasteiger partial charge in [0.2, 0.25) is 0 Å². The summed E-state index contributed by atoms with van der Waals surface area (Å²) in [6, 6.07) is 32.2. The average molecular weight is 489 g/mol. The SMILES string of the molecule is ClC(Cl)Cl.Clc1cccc2ccccc12.Clc1ccccc1.Oc1ccccc1. The Bertz CT molecular complexity index is 886. The Morgan fingerprint density at radius 3 is 1.41 bits per heavy atom. The predicted molar refractivity (Wildman–Crippen MR) is 130 cm³/mol. The predicted octanol–water partition coefficient (Wildman–Crippen LogP) is 9.21. The van der Waals surface area contributed by atoms with Crippen molar-refractivity contribution in [3.63, 3.8) is 0 Å². The van der Waals surface area contributed by atoms with Crippen molar-refractivity contribution >= 4 is 68.8 Å². The van der Waals surface area contributed by atoms with Gasteiger partial charge >= 0.3 is 0 Å². The molecule has 29 heavy (non-hydrogen) atoms. The number of hydrogen-bond acceptors (Lipinski definition) is 1. The number of aromatic hydroxyl groups is 1. The van der Waals surface area contributed by atoms with E-state index in [2.05, 4.69) is 12.1 Å². The minimum Gasteiger partial charge on any atom is -0.508 e. The molecule has 0 unspecified atom stereocenters. The van der Waals surface area contributed by atoms with Gasteiger partial charge in [0.1, 0.15) is 5.75 Å². The van der Waals surface area contributed by atoms with Crippen molar-refractivity contribution in [2.24, 2.45) is 0 Å². The van der Waals surface area contributed by atoms with Gasteiger partial charge in [-0.05, 0) is 35.7 Å². The van der Waals surface area contributed by atoms with Crippen LogP contribution in [-0.2, 0) is 0 Å². The summed E-state index contributed by atoms with van der Waals surface area (Å²) in [7, 11) is 0. The summed E-state index contributed by atoms with van der Waals surface area (Å²) in [4.78, 5) is 0. The first-order valence-corrected chi connectivity index (χ1v) is 10.5. The van der Waals surface area contributed by atoms with Crippen LogP contribution < -0.4 is 0 Å². The van der Waals surface area contributed by atoms with Crippen LogP contribution in [0.15, 0.2) is 103 Å². The van der Waals surface area contributed by atoms with Crippen molar-refractivity contribution < 1.29 is 5.11 Å². The highest BCUT2D eigenvalue weighted by molar-refractivity contribution is 6.63. The second-order valence-electron chi connectivity index (χ2n) is 5.34. The largest absolute Gasteiger partial charge is 0.508 e. The highest BCUT2D eigenvalue weighted by Gasteiger charge is 1.94. The molecule has 0 saturated heterocycles. The molecule has 0 aliphatic heterocycles. The summed E-state index contributed by atoms with van der Waals surface area (Å²) < 4.78 is -0.750. The van der Waals surface area contributed by atoms with E-state index >= 15 is 0 Å². The fourth-order valence-corrected chi connectivity index (χ4v) is 2.42. The van der Waals surface area contributed by atoms with Crippen molar-refractivity contribution in [2.45, 2.75) is 4.30 Å². The van der Waals surface area contributed by atoms with Gasteiger partial charge in [0.05, 0.1) is 0 Å². The van der Waals surface area contributed by atoms with E-state index in [1.54, 1.807) is 24.3 Å². The highest BCUT2D eigenvalue weighted by atomic mass is 35.6. The van der Waals surface area contributed by atoms with E-state index in [0.717, 1.165) is 15.4 Å². The summed E-state index contributed by atoms with van der Waals surface area (Å²) in [6.07, 6.45) is 0. The molecule has 0 spiro atoms. The number of hydrogen-bond donors (Lipinski definition) is 1. The zero-order chi connectivity index (χ0) is 21.5. The van der Waals surface area contributed by atoms with E-state index in [-0.39, 0.29) is 0 Å². The van der Waals surface area contributed by atoms with Crippen molar-refractivity contribution in [3.05, 3.63) is 113 Å². The fourth-order valence-electron chi connectivity index (χ4n) is 2.03. The third kappa shape index (κ3) is 12.5. The number of para-hydroxylation sites is 1. The van der Waals surface area contributed by atoms with Gasteiger partial charge in [-0.25, -0.2) is 0 Å². The zero-order valence-electron chi connectivity index (χ0n) is 15.2. The summed E-state index contributed by atoms with van der Waals surface area (Å²) in [5, 5.41) is 12.6. The smallest absolute Gasteiger partial charge is 0.180 e. The van der Waals surface area contributed by atoms with E-state index in [9.17, 15) is 0 Å². The van der Waals surface area contributed by atoms with Gasteiger partial charge in [-0.1, -0.05) is 131 Å². The Morgan fingerprint density at radius 2 is 1.00 bits per heavy atom. The molecule has 0 fully saturated rings. The third-order valence-corrected chi connectivity index (χ3v) is 3.81. The lowest BCUT2D eigenvalue weighted by Gasteiger charge is -1.97. The lowest BCUT2D eigenvalue weighted by atomic mass is 10.1. The summed E-state index contributed by atoms with van der Waals surface area (Å²) in [5.41, 5.74) is 0. The standard InChI is InChI=1S/C10H7Cl.C6H5Cl.C6H6O.CHCl3/c11-10-7-3-5-8-4-1-2-6-9(8)10;2*7-6-4-2-1-3-5-6;2-1(3)4/h1-7H;1-5H;1-5,7H;1H. The molecule has 4 aromatic carbocycles. The van der Waals surface area contributed by atoms with Crippen LogP contribution in [0.3, 0.4) is 0 Å². The molecular weight excluding hydrogens is 470 g/mol. The van der Waals surface area contributed by atoms with Gasteiger partial charge in [0.15, 0.2) is 4.30 Å². The van der Waals surface area contributed by atoms with Crippen molar-refractivity contribution in [2.75, 3.05) is 0 Å². The maximum absolute atomic E-state index is 8.63. The molecule has 0 amide bonds. The highest BCUT2D eigenvalue weighted by Crippen LogP contribution is 2.22. The van der Waals surface area contributed by atoms with Crippen molar-refractivity contribution in [1.82, 2.24) is 0 Å².